The van der Waals surface area contributed by atoms with Crippen LogP contribution in [-0.4, -0.2) is 40.2 Å². The van der Waals surface area contributed by atoms with Gasteiger partial charge in [0.25, 0.3) is 0 Å². The molecule has 0 unspecified atom stereocenters. The molecule has 158 valence electrons. The van der Waals surface area contributed by atoms with Gasteiger partial charge in [-0.3, -0.25) is 4.79 Å². The number of rotatable bonds is 7. The van der Waals surface area contributed by atoms with Crippen molar-refractivity contribution in [1.29, 1.82) is 0 Å². The highest BCUT2D eigenvalue weighted by atomic mass is 32.2. The molecule has 0 fully saturated rings. The second kappa shape index (κ2) is 9.26. The average Bonchev–Trinajstić information content (AvgIpc) is 3.12. The number of aryl methyl sites for hydroxylation is 2. The number of benzene rings is 1. The first-order chi connectivity index (χ1) is 14.5. The molecule has 1 aliphatic carbocycles. The van der Waals surface area contributed by atoms with Crippen LogP contribution in [0.1, 0.15) is 28.8 Å². The number of hydrogen-bond acceptors (Lipinski definition) is 6. The van der Waals surface area contributed by atoms with Gasteiger partial charge in [0.05, 0.1) is 5.75 Å². The van der Waals surface area contributed by atoms with Crippen molar-refractivity contribution in [3.8, 4) is 5.75 Å². The summed E-state index contributed by atoms with van der Waals surface area (Å²) in [7, 11) is 1.73. The Morgan fingerprint density at radius 1 is 1.23 bits per heavy atom. The molecule has 1 amide bonds. The summed E-state index contributed by atoms with van der Waals surface area (Å²) in [6.07, 6.45) is 6.12. The second-order valence-electron chi connectivity index (χ2n) is 7.13. The van der Waals surface area contributed by atoms with E-state index < -0.39 is 6.61 Å². The van der Waals surface area contributed by atoms with Crippen molar-refractivity contribution < 1.29 is 18.3 Å². The number of ether oxygens (including phenoxy) is 1. The number of carbonyl (C=O) groups excluding carboxylic acids is 1. The number of carbonyl (C=O) groups is 1. The Labute approximate surface area is 181 Å². The van der Waals surface area contributed by atoms with E-state index in [4.69, 9.17) is 0 Å². The quantitative estimate of drug-likeness (QED) is 0.378. The van der Waals surface area contributed by atoms with Gasteiger partial charge in [0.15, 0.2) is 0 Å². The largest absolute Gasteiger partial charge is 0.435 e. The van der Waals surface area contributed by atoms with Crippen LogP contribution in [0.5, 0.6) is 5.75 Å². The van der Waals surface area contributed by atoms with Crippen LogP contribution < -0.4 is 4.74 Å². The lowest BCUT2D eigenvalue weighted by Gasteiger charge is -2.17. The summed E-state index contributed by atoms with van der Waals surface area (Å²) >= 11 is 3.19. The van der Waals surface area contributed by atoms with Crippen molar-refractivity contribution in [2.24, 2.45) is 0 Å². The molecule has 2 aromatic heterocycles. The molecule has 1 aromatic carbocycles. The third-order valence-corrected chi connectivity index (χ3v) is 7.22. The molecule has 4 rings (SSSR count). The van der Waals surface area contributed by atoms with E-state index in [0.29, 0.717) is 6.54 Å². The van der Waals surface area contributed by atoms with Crippen LogP contribution in [0.15, 0.2) is 35.6 Å². The topological polar surface area (TPSA) is 55.3 Å². The van der Waals surface area contributed by atoms with Gasteiger partial charge in [-0.25, -0.2) is 9.97 Å². The maximum Gasteiger partial charge on any atom is 0.387 e. The zero-order chi connectivity index (χ0) is 21.1. The number of thioether (sulfide) groups is 1. The Kier molecular flexibility index (Phi) is 6.48. The number of halogens is 2. The Balaban J connectivity index is 1.39. The normalized spacial score (nSPS) is 13.5. The lowest BCUT2D eigenvalue weighted by Crippen LogP contribution is -2.27. The highest BCUT2D eigenvalue weighted by molar-refractivity contribution is 8.00. The molecule has 1 aliphatic rings. The molecule has 0 spiro atoms. The van der Waals surface area contributed by atoms with Crippen LogP contribution in [-0.2, 0) is 24.2 Å². The third kappa shape index (κ3) is 4.73. The molecule has 0 N–H and O–H groups in total. The summed E-state index contributed by atoms with van der Waals surface area (Å²) in [5.74, 6) is 0.355. The molecule has 9 heteroatoms. The van der Waals surface area contributed by atoms with E-state index in [-0.39, 0.29) is 17.4 Å². The monoisotopic (exact) mass is 449 g/mol. The highest BCUT2D eigenvalue weighted by Gasteiger charge is 2.21. The summed E-state index contributed by atoms with van der Waals surface area (Å²) in [5.41, 5.74) is 2.20. The lowest BCUT2D eigenvalue weighted by atomic mass is 9.97. The highest BCUT2D eigenvalue weighted by Crippen LogP contribution is 2.39. The van der Waals surface area contributed by atoms with E-state index in [1.165, 1.54) is 47.2 Å². The van der Waals surface area contributed by atoms with Gasteiger partial charge in [0.2, 0.25) is 5.91 Å². The summed E-state index contributed by atoms with van der Waals surface area (Å²) < 4.78 is 28.8. The van der Waals surface area contributed by atoms with E-state index in [9.17, 15) is 13.6 Å². The Bertz CT molecular complexity index is 1040. The van der Waals surface area contributed by atoms with Crippen LogP contribution in [0.4, 0.5) is 8.78 Å². The summed E-state index contributed by atoms with van der Waals surface area (Å²) in [6.45, 7) is -2.46. The fraction of sp³-hybridized carbons (Fsp3) is 0.381. The maximum absolute atomic E-state index is 12.6. The van der Waals surface area contributed by atoms with Gasteiger partial charge >= 0.3 is 6.61 Å². The van der Waals surface area contributed by atoms with E-state index in [1.807, 2.05) is 0 Å². The van der Waals surface area contributed by atoms with Crippen LogP contribution in [0.25, 0.3) is 10.2 Å². The van der Waals surface area contributed by atoms with Crippen molar-refractivity contribution in [2.75, 3.05) is 12.8 Å². The van der Waals surface area contributed by atoms with Crippen molar-refractivity contribution in [2.45, 2.75) is 43.9 Å². The first-order valence-corrected chi connectivity index (χ1v) is 11.5. The van der Waals surface area contributed by atoms with Crippen molar-refractivity contribution in [1.82, 2.24) is 14.9 Å². The molecule has 0 saturated carbocycles. The zero-order valence-corrected chi connectivity index (χ0v) is 18.1. The second-order valence-corrected chi connectivity index (χ2v) is 9.18. The summed E-state index contributed by atoms with van der Waals surface area (Å²) in [4.78, 5) is 25.5. The van der Waals surface area contributed by atoms with E-state index in [1.54, 1.807) is 41.7 Å². The number of alkyl halides is 2. The maximum atomic E-state index is 12.6. The van der Waals surface area contributed by atoms with Gasteiger partial charge in [0, 0.05) is 23.9 Å². The molecule has 5 nitrogen and oxygen atoms in total. The molecule has 0 saturated heterocycles. The Hall–Kier alpha value is -2.26. The molecular formula is C21H21F2N3O2S2. The van der Waals surface area contributed by atoms with Crippen LogP contribution in [0.3, 0.4) is 0 Å². The number of thiophene rings is 1. The smallest absolute Gasteiger partial charge is 0.387 e. The van der Waals surface area contributed by atoms with E-state index in [2.05, 4.69) is 14.7 Å². The van der Waals surface area contributed by atoms with E-state index in [0.717, 1.165) is 33.6 Å². The summed E-state index contributed by atoms with van der Waals surface area (Å²) in [5, 5.41) is 1.99. The zero-order valence-electron chi connectivity index (χ0n) is 16.4. The molecule has 0 bridgehead atoms. The van der Waals surface area contributed by atoms with Crippen LogP contribution >= 0.6 is 23.1 Å². The van der Waals surface area contributed by atoms with Gasteiger partial charge < -0.3 is 9.64 Å². The van der Waals surface area contributed by atoms with Crippen LogP contribution in [0, 0.1) is 0 Å². The Morgan fingerprint density at radius 2 is 2.00 bits per heavy atom. The number of hydrogen-bond donors (Lipinski definition) is 0. The van der Waals surface area contributed by atoms with Crippen molar-refractivity contribution in [3.63, 3.8) is 0 Å². The minimum atomic E-state index is -2.85. The van der Waals surface area contributed by atoms with Gasteiger partial charge in [-0.05, 0) is 48.9 Å². The third-order valence-electron chi connectivity index (χ3n) is 5.04. The fourth-order valence-electron chi connectivity index (χ4n) is 3.55. The molecular weight excluding hydrogens is 428 g/mol. The lowest BCUT2D eigenvalue weighted by molar-refractivity contribution is -0.127. The van der Waals surface area contributed by atoms with Crippen LogP contribution in [0.2, 0.25) is 0 Å². The predicted octanol–water partition coefficient (Wildman–Crippen LogP) is 4.92. The van der Waals surface area contributed by atoms with Crippen molar-refractivity contribution in [3.05, 3.63) is 46.6 Å². The minimum absolute atomic E-state index is 0.0243. The predicted molar refractivity (Wildman–Crippen MR) is 114 cm³/mol. The molecule has 0 atom stereocenters. The number of nitrogens with zero attached hydrogens (tertiary/aromatic N) is 3. The van der Waals surface area contributed by atoms with Gasteiger partial charge in [-0.1, -0.05) is 23.9 Å². The molecule has 2 heterocycles. The standard InChI is InChI=1S/C21H21F2N3O2S2/c1-26(10-13-6-8-14(9-7-13)28-21(22)23)17(27)11-29-19-18-15-4-2-3-5-16(15)30-20(18)25-12-24-19/h6-9,12,21H,2-5,10-11H2,1H3. The number of amides is 1. The number of aromatic nitrogens is 2. The molecule has 0 aliphatic heterocycles. The fourth-order valence-corrected chi connectivity index (χ4v) is 5.81. The first-order valence-electron chi connectivity index (χ1n) is 9.67. The molecule has 0 radical (unpaired) electrons. The van der Waals surface area contributed by atoms with E-state index >= 15 is 0 Å². The average molecular weight is 450 g/mol. The van der Waals surface area contributed by atoms with Crippen molar-refractivity contribution >= 4 is 39.2 Å². The summed E-state index contributed by atoms with van der Waals surface area (Å²) in [6, 6.07) is 6.32. The Morgan fingerprint density at radius 3 is 2.77 bits per heavy atom. The van der Waals surface area contributed by atoms with Gasteiger partial charge in [-0.15, -0.1) is 11.3 Å². The number of fused-ring (bicyclic) bond motifs is 3. The minimum Gasteiger partial charge on any atom is -0.435 e. The molecule has 30 heavy (non-hydrogen) atoms. The molecule has 3 aromatic rings. The SMILES string of the molecule is CN(Cc1ccc(OC(F)F)cc1)C(=O)CSc1ncnc2sc3c(c12)CCCC3. The van der Waals surface area contributed by atoms with Gasteiger partial charge in [-0.2, -0.15) is 8.78 Å². The van der Waals surface area contributed by atoms with Gasteiger partial charge in [0.1, 0.15) is 21.9 Å². The first kappa shape index (κ1) is 21.0.